The number of aryl methyl sites for hydroxylation is 1. The van der Waals surface area contributed by atoms with Crippen molar-refractivity contribution in [1.29, 1.82) is 0 Å². The second-order valence-corrected chi connectivity index (χ2v) is 5.79. The van der Waals surface area contributed by atoms with Gasteiger partial charge in [-0.2, -0.15) is 0 Å². The number of fused-ring (bicyclic) bond motifs is 1. The molecule has 1 aromatic carbocycles. The number of carbonyl (C=O) groups excluding carboxylic acids is 1. The van der Waals surface area contributed by atoms with Gasteiger partial charge in [-0.25, -0.2) is 13.6 Å². The maximum absolute atomic E-state index is 15.2. The topological polar surface area (TPSA) is 106 Å². The largest absolute Gasteiger partial charge is 0.477 e. The maximum atomic E-state index is 15.2. The summed E-state index contributed by atoms with van der Waals surface area (Å²) in [5.74, 6) is -3.89. The van der Waals surface area contributed by atoms with Crippen molar-refractivity contribution >= 4 is 28.3 Å². The van der Waals surface area contributed by atoms with E-state index in [1.165, 1.54) is 16.4 Å². The first-order valence-corrected chi connectivity index (χ1v) is 7.95. The van der Waals surface area contributed by atoms with Crippen molar-refractivity contribution in [3.05, 3.63) is 39.7 Å². The normalized spacial score (nSPS) is 11.0. The molecule has 0 aliphatic heterocycles. The van der Waals surface area contributed by atoms with Crippen LogP contribution < -0.4 is 16.1 Å². The monoisotopic (exact) mass is 367 g/mol. The number of aromatic carboxylic acids is 1. The zero-order chi connectivity index (χ0) is 19.6. The van der Waals surface area contributed by atoms with E-state index in [-0.39, 0.29) is 42.9 Å². The van der Waals surface area contributed by atoms with Crippen molar-refractivity contribution in [3.63, 3.8) is 0 Å². The Hall–Kier alpha value is -2.81. The van der Waals surface area contributed by atoms with Crippen LogP contribution in [0, 0.1) is 11.6 Å². The second kappa shape index (κ2) is 7.61. The number of pyridine rings is 1. The Labute approximate surface area is 147 Å². The van der Waals surface area contributed by atoms with Crippen LogP contribution in [0.1, 0.15) is 24.2 Å². The molecule has 3 N–H and O–H groups in total. The summed E-state index contributed by atoms with van der Waals surface area (Å²) >= 11 is 0. The highest BCUT2D eigenvalue weighted by molar-refractivity contribution is 5.94. The predicted molar refractivity (Wildman–Crippen MR) is 92.7 cm³/mol. The van der Waals surface area contributed by atoms with Crippen LogP contribution in [-0.4, -0.2) is 41.1 Å². The Morgan fingerprint density at radius 3 is 2.50 bits per heavy atom. The van der Waals surface area contributed by atoms with Gasteiger partial charge in [0, 0.05) is 25.8 Å². The molecule has 0 spiro atoms. The minimum Gasteiger partial charge on any atom is -0.477 e. The first kappa shape index (κ1) is 19.5. The number of Topliss-reactive ketones (excluding diaryl/α,β-unsaturated/α-hetero) is 1. The number of hydrogen-bond acceptors (Lipinski definition) is 5. The highest BCUT2D eigenvalue weighted by Crippen LogP contribution is 2.30. The molecular weight excluding hydrogens is 348 g/mol. The van der Waals surface area contributed by atoms with Crippen LogP contribution in [0.2, 0.25) is 0 Å². The molecule has 140 valence electrons. The summed E-state index contributed by atoms with van der Waals surface area (Å²) in [5, 5.41) is 8.76. The van der Waals surface area contributed by atoms with E-state index in [0.717, 1.165) is 12.3 Å². The highest BCUT2D eigenvalue weighted by atomic mass is 19.1. The second-order valence-electron chi connectivity index (χ2n) is 5.79. The zero-order valence-electron chi connectivity index (χ0n) is 14.4. The molecule has 0 aliphatic carbocycles. The maximum Gasteiger partial charge on any atom is 0.341 e. The molecule has 0 aliphatic rings. The summed E-state index contributed by atoms with van der Waals surface area (Å²) in [6.45, 7) is 2.90. The van der Waals surface area contributed by atoms with Gasteiger partial charge < -0.3 is 20.3 Å². The molecule has 26 heavy (non-hydrogen) atoms. The molecule has 9 heteroatoms. The summed E-state index contributed by atoms with van der Waals surface area (Å²) in [6.07, 6.45) is 1.02. The smallest absolute Gasteiger partial charge is 0.341 e. The van der Waals surface area contributed by atoms with E-state index < -0.39 is 34.3 Å². The Morgan fingerprint density at radius 2 is 2.00 bits per heavy atom. The minimum atomic E-state index is -1.48. The van der Waals surface area contributed by atoms with E-state index in [9.17, 15) is 18.8 Å². The molecular formula is C17H19F2N3O4. The molecule has 1 heterocycles. The first-order chi connectivity index (χ1) is 12.2. The number of carboxylic acids is 1. The number of anilines is 1. The number of aromatic nitrogens is 1. The number of nitrogens with two attached hydrogens (primary N) is 1. The van der Waals surface area contributed by atoms with Gasteiger partial charge >= 0.3 is 5.97 Å². The van der Waals surface area contributed by atoms with E-state index in [1.54, 1.807) is 6.92 Å². The van der Waals surface area contributed by atoms with Gasteiger partial charge in [0.05, 0.1) is 17.4 Å². The molecule has 0 radical (unpaired) electrons. The summed E-state index contributed by atoms with van der Waals surface area (Å²) in [6, 6.07) is 0.804. The molecule has 0 amide bonds. The van der Waals surface area contributed by atoms with Gasteiger partial charge in [-0.1, -0.05) is 0 Å². The number of hydrogen-bond donors (Lipinski definition) is 2. The Bertz CT molecular complexity index is 940. The molecule has 0 fully saturated rings. The highest BCUT2D eigenvalue weighted by Gasteiger charge is 2.25. The first-order valence-electron chi connectivity index (χ1n) is 7.95. The fourth-order valence-electron chi connectivity index (χ4n) is 2.86. The zero-order valence-corrected chi connectivity index (χ0v) is 14.4. The standard InChI is InChI=1S/C17H19F2N3O4/c1-3-21-8-11(17(25)26)16(24)10-6-12(18)15(13(19)14(10)21)22(5-4-20)7-9(2)23/h6,8H,3-5,7,20H2,1-2H3,(H,25,26). The number of nitrogens with zero attached hydrogens (tertiary/aromatic N) is 2. The summed E-state index contributed by atoms with van der Waals surface area (Å²) in [4.78, 5) is 36.1. The fourth-order valence-corrected chi connectivity index (χ4v) is 2.86. The van der Waals surface area contributed by atoms with Crippen LogP contribution in [-0.2, 0) is 11.3 Å². The van der Waals surface area contributed by atoms with Crippen molar-refractivity contribution < 1.29 is 23.5 Å². The third-order valence-corrected chi connectivity index (χ3v) is 3.93. The van der Waals surface area contributed by atoms with E-state index in [1.807, 2.05) is 0 Å². The Morgan fingerprint density at radius 1 is 1.35 bits per heavy atom. The number of halogens is 2. The number of carboxylic acid groups (broad SMARTS) is 1. The van der Waals surface area contributed by atoms with E-state index in [2.05, 4.69) is 0 Å². The summed E-state index contributed by atoms with van der Waals surface area (Å²) in [7, 11) is 0. The van der Waals surface area contributed by atoms with Gasteiger partial charge in [0.1, 0.15) is 22.9 Å². The van der Waals surface area contributed by atoms with Crippen LogP contribution in [0.25, 0.3) is 10.9 Å². The number of benzene rings is 1. The SMILES string of the molecule is CCn1cc(C(=O)O)c(=O)c2cc(F)c(N(CCN)CC(C)=O)c(F)c21. The quantitative estimate of drug-likeness (QED) is 0.765. The van der Waals surface area contributed by atoms with Gasteiger partial charge in [0.15, 0.2) is 5.82 Å². The van der Waals surface area contributed by atoms with Crippen molar-refractivity contribution in [2.75, 3.05) is 24.5 Å². The number of carbonyl (C=O) groups is 2. The lowest BCUT2D eigenvalue weighted by Crippen LogP contribution is -2.35. The van der Waals surface area contributed by atoms with Crippen molar-refractivity contribution in [2.45, 2.75) is 20.4 Å². The number of ketones is 1. The van der Waals surface area contributed by atoms with Crippen LogP contribution in [0.5, 0.6) is 0 Å². The van der Waals surface area contributed by atoms with Gasteiger partial charge in [-0.15, -0.1) is 0 Å². The third-order valence-electron chi connectivity index (χ3n) is 3.93. The molecule has 0 saturated heterocycles. The molecule has 0 atom stereocenters. The molecule has 2 rings (SSSR count). The van der Waals surface area contributed by atoms with Crippen molar-refractivity contribution in [3.8, 4) is 0 Å². The Kier molecular flexibility index (Phi) is 5.71. The third kappa shape index (κ3) is 3.43. The lowest BCUT2D eigenvalue weighted by Gasteiger charge is -2.25. The molecule has 0 bridgehead atoms. The van der Waals surface area contributed by atoms with Crippen LogP contribution in [0.4, 0.5) is 14.5 Å². The summed E-state index contributed by atoms with van der Waals surface area (Å²) < 4.78 is 31.0. The lowest BCUT2D eigenvalue weighted by atomic mass is 10.1. The van der Waals surface area contributed by atoms with Gasteiger partial charge in [0.2, 0.25) is 5.43 Å². The van der Waals surface area contributed by atoms with Crippen molar-refractivity contribution in [1.82, 2.24) is 4.57 Å². The Balaban J connectivity index is 2.88. The summed E-state index contributed by atoms with van der Waals surface area (Å²) in [5.41, 5.74) is 3.23. The van der Waals surface area contributed by atoms with Crippen LogP contribution in [0.15, 0.2) is 17.1 Å². The van der Waals surface area contributed by atoms with E-state index in [4.69, 9.17) is 10.8 Å². The molecule has 1 aromatic heterocycles. The fraction of sp³-hybridized carbons (Fsp3) is 0.353. The number of rotatable bonds is 7. The predicted octanol–water partition coefficient (Wildman–Crippen LogP) is 1.35. The van der Waals surface area contributed by atoms with Gasteiger partial charge in [-0.3, -0.25) is 9.59 Å². The van der Waals surface area contributed by atoms with Gasteiger partial charge in [0.25, 0.3) is 0 Å². The van der Waals surface area contributed by atoms with E-state index in [0.29, 0.717) is 0 Å². The average molecular weight is 367 g/mol. The average Bonchev–Trinajstić information content (AvgIpc) is 2.55. The van der Waals surface area contributed by atoms with Crippen molar-refractivity contribution in [2.24, 2.45) is 5.73 Å². The lowest BCUT2D eigenvalue weighted by molar-refractivity contribution is -0.115. The van der Waals surface area contributed by atoms with Crippen LogP contribution in [0.3, 0.4) is 0 Å². The molecule has 2 aromatic rings. The molecule has 0 saturated carbocycles. The molecule has 7 nitrogen and oxygen atoms in total. The molecule has 0 unspecified atom stereocenters. The van der Waals surface area contributed by atoms with E-state index >= 15 is 4.39 Å². The van der Waals surface area contributed by atoms with Gasteiger partial charge in [-0.05, 0) is 19.9 Å². The minimum absolute atomic E-state index is 0.0303. The van der Waals surface area contributed by atoms with Crippen LogP contribution >= 0.6 is 0 Å².